The van der Waals surface area contributed by atoms with Crippen molar-refractivity contribution >= 4 is 44.3 Å². The van der Waals surface area contributed by atoms with Gasteiger partial charge in [0.2, 0.25) is 5.91 Å². The Morgan fingerprint density at radius 3 is 3.00 bits per heavy atom. The monoisotopic (exact) mass is 340 g/mol. The number of hydrogen-bond donors (Lipinski definition) is 1. The molecular formula is C14H14BrClN2O. The van der Waals surface area contributed by atoms with Crippen LogP contribution in [0.3, 0.4) is 0 Å². The number of hydrogen-bond acceptors (Lipinski definition) is 2. The van der Waals surface area contributed by atoms with Crippen molar-refractivity contribution in [2.45, 2.75) is 18.7 Å². The summed E-state index contributed by atoms with van der Waals surface area (Å²) < 4.78 is 0.942. The molecule has 1 aromatic carbocycles. The lowest BCUT2D eigenvalue weighted by atomic mass is 10.1. The van der Waals surface area contributed by atoms with E-state index < -0.39 is 5.38 Å². The highest BCUT2D eigenvalue weighted by atomic mass is 79.9. The number of rotatable bonds is 4. The van der Waals surface area contributed by atoms with Gasteiger partial charge in [-0.1, -0.05) is 35.0 Å². The molecule has 0 bridgehead atoms. The van der Waals surface area contributed by atoms with Crippen LogP contribution in [0.15, 0.2) is 34.9 Å². The van der Waals surface area contributed by atoms with Gasteiger partial charge in [-0.15, -0.1) is 11.6 Å². The van der Waals surface area contributed by atoms with E-state index in [1.165, 1.54) is 0 Å². The second-order valence-electron chi connectivity index (χ2n) is 4.19. The van der Waals surface area contributed by atoms with Gasteiger partial charge in [0.05, 0.1) is 5.52 Å². The van der Waals surface area contributed by atoms with Gasteiger partial charge in [0.25, 0.3) is 0 Å². The minimum Gasteiger partial charge on any atom is -0.355 e. The molecule has 5 heteroatoms. The van der Waals surface area contributed by atoms with Crippen molar-refractivity contribution in [1.82, 2.24) is 10.3 Å². The molecule has 2 rings (SSSR count). The zero-order valence-electron chi connectivity index (χ0n) is 10.5. The van der Waals surface area contributed by atoms with Crippen LogP contribution in [0, 0.1) is 0 Å². The normalized spacial score (nSPS) is 12.4. The largest absolute Gasteiger partial charge is 0.355 e. The van der Waals surface area contributed by atoms with E-state index in [1.54, 1.807) is 6.20 Å². The lowest BCUT2D eigenvalue weighted by Gasteiger charge is -2.13. The number of carbonyl (C=O) groups excluding carboxylic acids is 1. The van der Waals surface area contributed by atoms with Crippen molar-refractivity contribution in [1.29, 1.82) is 0 Å². The lowest BCUT2D eigenvalue weighted by molar-refractivity contribution is -0.120. The van der Waals surface area contributed by atoms with E-state index >= 15 is 0 Å². The predicted molar refractivity (Wildman–Crippen MR) is 81.3 cm³/mol. The van der Waals surface area contributed by atoms with Gasteiger partial charge >= 0.3 is 0 Å². The Balaban J connectivity index is 2.40. The van der Waals surface area contributed by atoms with Crippen LogP contribution in [0.4, 0.5) is 0 Å². The minimum absolute atomic E-state index is 0.183. The van der Waals surface area contributed by atoms with E-state index in [1.807, 2.05) is 31.2 Å². The first kappa shape index (κ1) is 14.3. The van der Waals surface area contributed by atoms with E-state index in [-0.39, 0.29) is 5.91 Å². The number of benzene rings is 1. The Morgan fingerprint density at radius 1 is 1.47 bits per heavy atom. The fourth-order valence-electron chi connectivity index (χ4n) is 1.84. The smallest absolute Gasteiger partial charge is 0.242 e. The summed E-state index contributed by atoms with van der Waals surface area (Å²) in [6.45, 7) is 2.63. The molecule has 1 unspecified atom stereocenters. The van der Waals surface area contributed by atoms with Crippen molar-refractivity contribution in [2.75, 3.05) is 6.54 Å². The van der Waals surface area contributed by atoms with Crippen LogP contribution in [0.25, 0.3) is 10.9 Å². The average molecular weight is 342 g/mol. The van der Waals surface area contributed by atoms with Crippen LogP contribution >= 0.6 is 27.5 Å². The Bertz CT molecular complexity index is 603. The van der Waals surface area contributed by atoms with E-state index in [9.17, 15) is 4.79 Å². The van der Waals surface area contributed by atoms with Crippen LogP contribution in [0.2, 0.25) is 0 Å². The van der Waals surface area contributed by atoms with Gasteiger partial charge in [0, 0.05) is 28.2 Å². The second-order valence-corrected chi connectivity index (χ2v) is 5.48. The summed E-state index contributed by atoms with van der Waals surface area (Å²) in [7, 11) is 0. The molecule has 1 aromatic heterocycles. The van der Waals surface area contributed by atoms with Crippen LogP contribution in [-0.2, 0) is 4.79 Å². The van der Waals surface area contributed by atoms with Gasteiger partial charge < -0.3 is 5.32 Å². The molecule has 0 fully saturated rings. The van der Waals surface area contributed by atoms with Gasteiger partial charge in [-0.2, -0.15) is 0 Å². The summed E-state index contributed by atoms with van der Waals surface area (Å²) in [4.78, 5) is 16.3. The molecule has 0 saturated carbocycles. The maximum atomic E-state index is 11.9. The first-order valence-electron chi connectivity index (χ1n) is 6.10. The highest BCUT2D eigenvalue weighted by molar-refractivity contribution is 9.10. The minimum atomic E-state index is -0.725. The predicted octanol–water partition coefficient (Wildman–Crippen LogP) is 3.80. The fraction of sp³-hybridized carbons (Fsp3) is 0.286. The summed E-state index contributed by atoms with van der Waals surface area (Å²) in [5, 5.41) is 3.03. The van der Waals surface area contributed by atoms with Crippen LogP contribution in [0.1, 0.15) is 24.3 Å². The van der Waals surface area contributed by atoms with Gasteiger partial charge in [0.1, 0.15) is 5.38 Å². The molecule has 0 aliphatic carbocycles. The molecule has 1 heterocycles. The summed E-state index contributed by atoms with van der Waals surface area (Å²) >= 11 is 9.73. The molecule has 0 spiro atoms. The fourth-order valence-corrected chi connectivity index (χ4v) is 2.55. The van der Waals surface area contributed by atoms with E-state index in [2.05, 4.69) is 26.2 Å². The molecule has 0 aliphatic rings. The summed E-state index contributed by atoms with van der Waals surface area (Å²) in [6, 6.07) is 7.53. The van der Waals surface area contributed by atoms with Crippen molar-refractivity contribution < 1.29 is 4.79 Å². The third kappa shape index (κ3) is 3.07. The van der Waals surface area contributed by atoms with Gasteiger partial charge in [-0.05, 0) is 18.6 Å². The number of alkyl halides is 1. The number of pyridine rings is 1. The quantitative estimate of drug-likeness (QED) is 0.859. The van der Waals surface area contributed by atoms with Gasteiger partial charge in [-0.25, -0.2) is 0 Å². The molecule has 3 nitrogen and oxygen atoms in total. The number of fused-ring (bicyclic) bond motifs is 1. The Morgan fingerprint density at radius 2 is 2.26 bits per heavy atom. The van der Waals surface area contributed by atoms with E-state index in [0.29, 0.717) is 6.54 Å². The Labute approximate surface area is 125 Å². The van der Waals surface area contributed by atoms with E-state index in [0.717, 1.165) is 27.4 Å². The maximum absolute atomic E-state index is 11.9. The average Bonchev–Trinajstić information content (AvgIpc) is 2.45. The maximum Gasteiger partial charge on any atom is 0.242 e. The van der Waals surface area contributed by atoms with Crippen LogP contribution in [0.5, 0.6) is 0 Å². The molecule has 19 heavy (non-hydrogen) atoms. The number of carbonyl (C=O) groups is 1. The van der Waals surface area contributed by atoms with Gasteiger partial charge in [-0.3, -0.25) is 9.78 Å². The number of nitrogens with zero attached hydrogens (tertiary/aromatic N) is 1. The number of halogens is 2. The lowest BCUT2D eigenvalue weighted by Crippen LogP contribution is -2.27. The first-order chi connectivity index (χ1) is 9.15. The molecule has 100 valence electrons. The van der Waals surface area contributed by atoms with Crippen molar-refractivity contribution in [2.24, 2.45) is 0 Å². The zero-order valence-corrected chi connectivity index (χ0v) is 12.8. The topological polar surface area (TPSA) is 42.0 Å². The van der Waals surface area contributed by atoms with Crippen LogP contribution in [-0.4, -0.2) is 17.4 Å². The van der Waals surface area contributed by atoms with E-state index in [4.69, 9.17) is 11.6 Å². The van der Waals surface area contributed by atoms with Crippen molar-refractivity contribution in [3.8, 4) is 0 Å². The standard InChI is InChI=1S/C14H14BrClN2O/c1-2-7-18-14(19)12(16)10-5-6-11(15)9-4-3-8-17-13(9)10/h3-6,8,12H,2,7H2,1H3,(H,18,19). The molecule has 0 aliphatic heterocycles. The summed E-state index contributed by atoms with van der Waals surface area (Å²) in [5.41, 5.74) is 1.48. The molecular weight excluding hydrogens is 328 g/mol. The number of nitrogens with one attached hydrogen (secondary N) is 1. The third-order valence-corrected chi connectivity index (χ3v) is 3.92. The van der Waals surface area contributed by atoms with Crippen molar-refractivity contribution in [3.63, 3.8) is 0 Å². The SMILES string of the molecule is CCCNC(=O)C(Cl)c1ccc(Br)c2cccnc12. The number of aromatic nitrogens is 1. The molecule has 1 amide bonds. The van der Waals surface area contributed by atoms with Crippen LogP contribution < -0.4 is 5.32 Å². The highest BCUT2D eigenvalue weighted by Gasteiger charge is 2.20. The Kier molecular flexibility index (Phi) is 4.77. The molecule has 2 aromatic rings. The van der Waals surface area contributed by atoms with Crippen molar-refractivity contribution in [3.05, 3.63) is 40.5 Å². The van der Waals surface area contributed by atoms with Gasteiger partial charge in [0.15, 0.2) is 0 Å². The molecule has 1 atom stereocenters. The molecule has 0 radical (unpaired) electrons. The zero-order chi connectivity index (χ0) is 13.8. The summed E-state index contributed by atoms with van der Waals surface area (Å²) in [5.74, 6) is -0.183. The highest BCUT2D eigenvalue weighted by Crippen LogP contribution is 2.31. The second kappa shape index (κ2) is 6.35. The Hall–Kier alpha value is -1.13. The summed E-state index contributed by atoms with van der Waals surface area (Å²) in [6.07, 6.45) is 2.58. The molecule has 1 N–H and O–H groups in total. The first-order valence-corrected chi connectivity index (χ1v) is 7.33. The third-order valence-electron chi connectivity index (χ3n) is 2.80. The number of amides is 1. The molecule has 0 saturated heterocycles.